The van der Waals surface area contributed by atoms with Crippen molar-refractivity contribution in [3.8, 4) is 0 Å². The van der Waals surface area contributed by atoms with E-state index in [1.807, 2.05) is 0 Å². The average molecular weight is 541 g/mol. The Morgan fingerprint density at radius 2 is 0.811 bits per heavy atom. The van der Waals surface area contributed by atoms with Gasteiger partial charge in [0.15, 0.2) is 5.41 Å². The van der Waals surface area contributed by atoms with Crippen LogP contribution in [0.3, 0.4) is 0 Å². The van der Waals surface area contributed by atoms with Gasteiger partial charge in [0, 0.05) is 0 Å². The van der Waals surface area contributed by atoms with Gasteiger partial charge >= 0.3 is 12.4 Å². The summed E-state index contributed by atoms with van der Waals surface area (Å²) in [5.41, 5.74) is -3.64. The summed E-state index contributed by atoms with van der Waals surface area (Å²) in [6.07, 6.45) is -1.99. The molecule has 0 bridgehead atoms. The maximum Gasteiger partial charge on any atom is 0.403 e. The third kappa shape index (κ3) is 6.63. The molecular formula is C29H46F6O2. The lowest BCUT2D eigenvalue weighted by Crippen LogP contribution is -2.61. The minimum atomic E-state index is -5.33. The quantitative estimate of drug-likeness (QED) is 0.313. The van der Waals surface area contributed by atoms with E-state index in [0.717, 1.165) is 51.4 Å². The molecule has 4 atom stereocenters. The fraction of sp³-hybridized carbons (Fsp3) is 1.00. The van der Waals surface area contributed by atoms with Crippen LogP contribution < -0.4 is 0 Å². The molecule has 0 aliphatic heterocycles. The molecule has 0 aromatic rings. The molecule has 4 rings (SSSR count). The molecular weight excluding hydrogens is 494 g/mol. The standard InChI is InChI=1S/C29H46F6O2/c1-19-5-3-7-25(17-19)36-23-13-9-21(10-14-23)27(28(30,31)32,29(33,34)35)22-11-15-24(16-12-22)37-26-8-4-6-20(2)18-26/h19-26H,3-18H2,1-2H3. The Kier molecular flexibility index (Phi) is 9.51. The van der Waals surface area contributed by atoms with Crippen LogP contribution in [0.5, 0.6) is 0 Å². The van der Waals surface area contributed by atoms with Crippen LogP contribution in [0.2, 0.25) is 0 Å². The highest BCUT2D eigenvalue weighted by Gasteiger charge is 2.76. The van der Waals surface area contributed by atoms with Gasteiger partial charge in [-0.05, 0) is 101 Å². The maximum atomic E-state index is 14.7. The maximum absolute atomic E-state index is 14.7. The third-order valence-electron chi connectivity index (χ3n) is 10.1. The van der Waals surface area contributed by atoms with Gasteiger partial charge < -0.3 is 9.47 Å². The van der Waals surface area contributed by atoms with Crippen LogP contribution in [0.15, 0.2) is 0 Å². The number of halogens is 6. The minimum Gasteiger partial charge on any atom is -0.375 e. The van der Waals surface area contributed by atoms with Gasteiger partial charge in [-0.2, -0.15) is 26.3 Å². The normalized spacial score (nSPS) is 38.9. The van der Waals surface area contributed by atoms with Crippen molar-refractivity contribution in [2.75, 3.05) is 0 Å². The minimum absolute atomic E-state index is 0.0810. The molecule has 37 heavy (non-hydrogen) atoms. The molecule has 0 amide bonds. The molecule has 4 aliphatic rings. The fourth-order valence-electron chi connectivity index (χ4n) is 8.28. The van der Waals surface area contributed by atoms with E-state index in [-0.39, 0.29) is 75.8 Å². The van der Waals surface area contributed by atoms with Gasteiger partial charge in [0.2, 0.25) is 0 Å². The number of ether oxygens (including phenoxy) is 2. The first-order chi connectivity index (χ1) is 17.4. The van der Waals surface area contributed by atoms with Crippen molar-refractivity contribution >= 4 is 0 Å². The molecule has 0 heterocycles. The molecule has 216 valence electrons. The number of alkyl halides is 6. The van der Waals surface area contributed by atoms with Gasteiger partial charge in [0.1, 0.15) is 0 Å². The Balaban J connectivity index is 1.42. The summed E-state index contributed by atoms with van der Waals surface area (Å²) in [7, 11) is 0. The van der Waals surface area contributed by atoms with Crippen LogP contribution in [0.25, 0.3) is 0 Å². The molecule has 0 aromatic heterocycles. The van der Waals surface area contributed by atoms with Crippen LogP contribution in [0.1, 0.15) is 117 Å². The van der Waals surface area contributed by atoms with E-state index in [2.05, 4.69) is 13.8 Å². The number of hydrogen-bond donors (Lipinski definition) is 0. The van der Waals surface area contributed by atoms with E-state index in [1.165, 1.54) is 0 Å². The average Bonchev–Trinajstić information content (AvgIpc) is 2.80. The van der Waals surface area contributed by atoms with Gasteiger partial charge in [-0.15, -0.1) is 0 Å². The highest BCUT2D eigenvalue weighted by atomic mass is 19.4. The zero-order valence-corrected chi connectivity index (χ0v) is 22.5. The lowest BCUT2D eigenvalue weighted by atomic mass is 9.57. The molecule has 4 fully saturated rings. The Bertz CT molecular complexity index is 646. The van der Waals surface area contributed by atoms with E-state index in [0.29, 0.717) is 11.8 Å². The largest absolute Gasteiger partial charge is 0.403 e. The second-order valence-corrected chi connectivity index (χ2v) is 12.9. The van der Waals surface area contributed by atoms with Crippen molar-refractivity contribution < 1.29 is 35.8 Å². The summed E-state index contributed by atoms with van der Waals surface area (Å²) in [6, 6.07) is 0. The summed E-state index contributed by atoms with van der Waals surface area (Å²) in [6.45, 7) is 4.34. The topological polar surface area (TPSA) is 18.5 Å². The van der Waals surface area contributed by atoms with Crippen molar-refractivity contribution in [3.05, 3.63) is 0 Å². The van der Waals surface area contributed by atoms with E-state index >= 15 is 0 Å². The summed E-state index contributed by atoms with van der Waals surface area (Å²) < 4.78 is 100. The first kappa shape index (κ1) is 29.5. The second-order valence-electron chi connectivity index (χ2n) is 12.9. The molecule has 8 heteroatoms. The molecule has 0 saturated heterocycles. The highest BCUT2D eigenvalue weighted by Crippen LogP contribution is 2.65. The second kappa shape index (κ2) is 11.9. The Morgan fingerprint density at radius 1 is 0.459 bits per heavy atom. The predicted octanol–water partition coefficient (Wildman–Crippen LogP) is 9.41. The molecule has 4 unspecified atom stereocenters. The summed E-state index contributed by atoms with van der Waals surface area (Å²) >= 11 is 0. The fourth-order valence-corrected chi connectivity index (χ4v) is 8.28. The van der Waals surface area contributed by atoms with Crippen LogP contribution in [0, 0.1) is 29.1 Å². The summed E-state index contributed by atoms with van der Waals surface area (Å²) in [5, 5.41) is 0. The zero-order valence-electron chi connectivity index (χ0n) is 22.5. The first-order valence-electron chi connectivity index (χ1n) is 14.8. The Hall–Kier alpha value is -0.500. The van der Waals surface area contributed by atoms with Crippen molar-refractivity contribution in [2.24, 2.45) is 29.1 Å². The molecule has 4 saturated carbocycles. The van der Waals surface area contributed by atoms with E-state index < -0.39 is 29.6 Å². The van der Waals surface area contributed by atoms with E-state index in [9.17, 15) is 26.3 Å². The summed E-state index contributed by atoms with van der Waals surface area (Å²) in [5.74, 6) is -1.78. The Morgan fingerprint density at radius 3 is 1.11 bits per heavy atom. The highest BCUT2D eigenvalue weighted by molar-refractivity contribution is 5.05. The van der Waals surface area contributed by atoms with Crippen molar-refractivity contribution in [1.82, 2.24) is 0 Å². The van der Waals surface area contributed by atoms with Gasteiger partial charge in [-0.25, -0.2) is 0 Å². The van der Waals surface area contributed by atoms with Crippen molar-refractivity contribution in [3.63, 3.8) is 0 Å². The first-order valence-corrected chi connectivity index (χ1v) is 14.8. The lowest BCUT2D eigenvalue weighted by molar-refractivity contribution is -0.383. The van der Waals surface area contributed by atoms with Crippen molar-refractivity contribution in [2.45, 2.75) is 153 Å². The SMILES string of the molecule is CC1CCCC(OC2CCC(C(C3CCC(OC4CCCC(C)C4)CC3)(C(F)(F)F)C(F)(F)F)CC2)C1. The van der Waals surface area contributed by atoms with Gasteiger partial charge in [-0.3, -0.25) is 0 Å². The number of rotatable bonds is 6. The predicted molar refractivity (Wildman–Crippen MR) is 131 cm³/mol. The van der Waals surface area contributed by atoms with E-state index in [4.69, 9.17) is 9.47 Å². The molecule has 0 radical (unpaired) electrons. The molecule has 4 aliphatic carbocycles. The Labute approximate surface area is 218 Å². The molecule has 0 N–H and O–H groups in total. The zero-order chi connectivity index (χ0) is 26.8. The summed E-state index contributed by atoms with van der Waals surface area (Å²) in [4.78, 5) is 0. The van der Waals surface area contributed by atoms with Crippen LogP contribution in [0.4, 0.5) is 26.3 Å². The van der Waals surface area contributed by atoms with Crippen LogP contribution in [-0.4, -0.2) is 36.8 Å². The van der Waals surface area contributed by atoms with E-state index in [1.54, 1.807) is 0 Å². The smallest absolute Gasteiger partial charge is 0.375 e. The van der Waals surface area contributed by atoms with Crippen molar-refractivity contribution in [1.29, 1.82) is 0 Å². The van der Waals surface area contributed by atoms with Crippen LogP contribution >= 0.6 is 0 Å². The lowest BCUT2D eigenvalue weighted by Gasteiger charge is -2.51. The van der Waals surface area contributed by atoms with Gasteiger partial charge in [0.25, 0.3) is 0 Å². The monoisotopic (exact) mass is 540 g/mol. The third-order valence-corrected chi connectivity index (χ3v) is 10.1. The molecule has 2 nitrogen and oxygen atoms in total. The molecule has 0 spiro atoms. The van der Waals surface area contributed by atoms with Crippen LogP contribution in [-0.2, 0) is 9.47 Å². The van der Waals surface area contributed by atoms with Gasteiger partial charge in [-0.1, -0.05) is 39.5 Å². The number of hydrogen-bond acceptors (Lipinski definition) is 2. The van der Waals surface area contributed by atoms with Gasteiger partial charge in [0.05, 0.1) is 24.4 Å². The molecule has 0 aromatic carbocycles.